The number of nitrogens with one attached hydrogen (secondary N) is 1. The molecular formula is C13H21N3O4. The van der Waals surface area contributed by atoms with Crippen molar-refractivity contribution < 1.29 is 19.1 Å². The molecule has 2 fully saturated rings. The minimum absolute atomic E-state index is 0.0000623. The number of carbonyl (C=O) groups is 3. The second-order valence-corrected chi connectivity index (χ2v) is 5.14. The summed E-state index contributed by atoms with van der Waals surface area (Å²) < 4.78 is 5.39. The Hall–Kier alpha value is -1.63. The molecule has 0 spiro atoms. The van der Waals surface area contributed by atoms with Crippen molar-refractivity contribution in [1.29, 1.82) is 0 Å². The first kappa shape index (κ1) is 14.8. The molecule has 2 aliphatic rings. The number of nitrogens with zero attached hydrogens (tertiary/aromatic N) is 2. The van der Waals surface area contributed by atoms with Gasteiger partial charge >= 0.3 is 11.8 Å². The molecule has 7 heteroatoms. The molecule has 0 aromatic heterocycles. The van der Waals surface area contributed by atoms with Crippen LogP contribution >= 0.6 is 0 Å². The Bertz CT molecular complexity index is 385. The molecule has 0 bridgehead atoms. The topological polar surface area (TPSA) is 79.0 Å². The van der Waals surface area contributed by atoms with Gasteiger partial charge in [-0.1, -0.05) is 0 Å². The SMILES string of the molecule is CC(=O)N1CCN(C(=O)C(=O)NCC2CCCO2)CC1. The van der Waals surface area contributed by atoms with Crippen LogP contribution in [0.1, 0.15) is 19.8 Å². The van der Waals surface area contributed by atoms with E-state index >= 15 is 0 Å². The van der Waals surface area contributed by atoms with Gasteiger partial charge in [0.1, 0.15) is 0 Å². The van der Waals surface area contributed by atoms with Crippen molar-refractivity contribution in [3.8, 4) is 0 Å². The molecule has 2 rings (SSSR count). The van der Waals surface area contributed by atoms with E-state index in [2.05, 4.69) is 5.32 Å². The van der Waals surface area contributed by atoms with Crippen molar-refractivity contribution in [1.82, 2.24) is 15.1 Å². The van der Waals surface area contributed by atoms with Gasteiger partial charge in [0.05, 0.1) is 6.10 Å². The Morgan fingerprint density at radius 2 is 1.80 bits per heavy atom. The lowest BCUT2D eigenvalue weighted by Crippen LogP contribution is -2.53. The standard InChI is InChI=1S/C13H21N3O4/c1-10(17)15-4-6-16(7-5-15)13(19)12(18)14-9-11-3-2-8-20-11/h11H,2-9H2,1H3,(H,14,18). The van der Waals surface area contributed by atoms with E-state index in [1.807, 2.05) is 0 Å². The predicted octanol–water partition coefficient (Wildman–Crippen LogP) is -1.03. The Labute approximate surface area is 118 Å². The minimum atomic E-state index is -0.586. The molecule has 1 atom stereocenters. The van der Waals surface area contributed by atoms with Crippen LogP contribution in [-0.2, 0) is 19.1 Å². The van der Waals surface area contributed by atoms with E-state index in [9.17, 15) is 14.4 Å². The summed E-state index contributed by atoms with van der Waals surface area (Å²) in [5.74, 6) is -1.11. The quantitative estimate of drug-likeness (QED) is 0.657. The van der Waals surface area contributed by atoms with Crippen LogP contribution in [0.15, 0.2) is 0 Å². The van der Waals surface area contributed by atoms with Gasteiger partial charge in [-0.3, -0.25) is 14.4 Å². The van der Waals surface area contributed by atoms with Crippen molar-refractivity contribution in [2.45, 2.75) is 25.9 Å². The fourth-order valence-electron chi connectivity index (χ4n) is 2.46. The third kappa shape index (κ3) is 3.69. The van der Waals surface area contributed by atoms with Crippen molar-refractivity contribution in [3.63, 3.8) is 0 Å². The molecule has 1 N–H and O–H groups in total. The Kier molecular flexibility index (Phi) is 4.94. The molecule has 2 heterocycles. The molecule has 0 aromatic rings. The zero-order chi connectivity index (χ0) is 14.5. The summed E-state index contributed by atoms with van der Waals surface area (Å²) in [4.78, 5) is 38.1. The predicted molar refractivity (Wildman–Crippen MR) is 70.8 cm³/mol. The lowest BCUT2D eigenvalue weighted by molar-refractivity contribution is -0.148. The highest BCUT2D eigenvalue weighted by Gasteiger charge is 2.27. The highest BCUT2D eigenvalue weighted by Crippen LogP contribution is 2.10. The van der Waals surface area contributed by atoms with Gasteiger partial charge in [-0.05, 0) is 12.8 Å². The summed E-state index contributed by atoms with van der Waals surface area (Å²) >= 11 is 0. The smallest absolute Gasteiger partial charge is 0.312 e. The van der Waals surface area contributed by atoms with Crippen LogP contribution in [0.2, 0.25) is 0 Å². The van der Waals surface area contributed by atoms with Gasteiger partial charge in [0.2, 0.25) is 5.91 Å². The zero-order valence-electron chi connectivity index (χ0n) is 11.8. The number of amides is 3. The van der Waals surface area contributed by atoms with Crippen molar-refractivity contribution >= 4 is 17.7 Å². The van der Waals surface area contributed by atoms with Gasteiger partial charge in [-0.2, -0.15) is 0 Å². The van der Waals surface area contributed by atoms with Crippen LogP contribution in [0, 0.1) is 0 Å². The maximum absolute atomic E-state index is 11.9. The Morgan fingerprint density at radius 3 is 2.35 bits per heavy atom. The van der Waals surface area contributed by atoms with Gasteiger partial charge < -0.3 is 19.9 Å². The largest absolute Gasteiger partial charge is 0.376 e. The lowest BCUT2D eigenvalue weighted by atomic mass is 10.2. The highest BCUT2D eigenvalue weighted by atomic mass is 16.5. The Balaban J connectivity index is 1.73. The van der Waals surface area contributed by atoms with E-state index in [4.69, 9.17) is 4.74 Å². The monoisotopic (exact) mass is 283 g/mol. The molecule has 0 aromatic carbocycles. The molecule has 20 heavy (non-hydrogen) atoms. The first-order valence-electron chi connectivity index (χ1n) is 7.02. The highest BCUT2D eigenvalue weighted by molar-refractivity contribution is 6.35. The van der Waals surface area contributed by atoms with E-state index < -0.39 is 11.8 Å². The van der Waals surface area contributed by atoms with Crippen LogP contribution < -0.4 is 5.32 Å². The number of rotatable bonds is 2. The van der Waals surface area contributed by atoms with Crippen molar-refractivity contribution in [2.24, 2.45) is 0 Å². The van der Waals surface area contributed by atoms with Gasteiger partial charge in [0.15, 0.2) is 0 Å². The molecule has 2 aliphatic heterocycles. The normalized spacial score (nSPS) is 22.8. The first-order chi connectivity index (χ1) is 9.58. The molecule has 3 amide bonds. The number of hydrogen-bond acceptors (Lipinski definition) is 4. The number of carbonyl (C=O) groups excluding carboxylic acids is 3. The third-order valence-electron chi connectivity index (χ3n) is 3.72. The fraction of sp³-hybridized carbons (Fsp3) is 0.769. The van der Waals surface area contributed by atoms with E-state index in [0.29, 0.717) is 32.7 Å². The second kappa shape index (κ2) is 6.69. The molecular weight excluding hydrogens is 262 g/mol. The first-order valence-corrected chi connectivity index (χ1v) is 7.02. The van der Waals surface area contributed by atoms with Crippen molar-refractivity contribution in [2.75, 3.05) is 39.3 Å². The lowest BCUT2D eigenvalue weighted by Gasteiger charge is -2.33. The molecule has 2 saturated heterocycles. The summed E-state index contributed by atoms with van der Waals surface area (Å²) in [5.41, 5.74) is 0. The van der Waals surface area contributed by atoms with Gasteiger partial charge in [0.25, 0.3) is 0 Å². The van der Waals surface area contributed by atoms with Gasteiger partial charge in [-0.15, -0.1) is 0 Å². The summed E-state index contributed by atoms with van der Waals surface area (Å²) in [6, 6.07) is 0. The Morgan fingerprint density at radius 1 is 1.15 bits per heavy atom. The van der Waals surface area contributed by atoms with E-state index in [-0.39, 0.29) is 12.0 Å². The average Bonchev–Trinajstić information content (AvgIpc) is 2.97. The van der Waals surface area contributed by atoms with Crippen LogP contribution in [-0.4, -0.2) is 73.0 Å². The number of ether oxygens (including phenoxy) is 1. The number of hydrogen-bond donors (Lipinski definition) is 1. The van der Waals surface area contributed by atoms with E-state index in [1.54, 1.807) is 4.90 Å². The zero-order valence-corrected chi connectivity index (χ0v) is 11.8. The second-order valence-electron chi connectivity index (χ2n) is 5.14. The van der Waals surface area contributed by atoms with E-state index in [1.165, 1.54) is 11.8 Å². The van der Waals surface area contributed by atoms with Crippen LogP contribution in [0.3, 0.4) is 0 Å². The molecule has 0 aliphatic carbocycles. The van der Waals surface area contributed by atoms with Crippen molar-refractivity contribution in [3.05, 3.63) is 0 Å². The molecule has 0 radical (unpaired) electrons. The maximum Gasteiger partial charge on any atom is 0.312 e. The molecule has 0 saturated carbocycles. The molecule has 112 valence electrons. The summed E-state index contributed by atoms with van der Waals surface area (Å²) in [6.07, 6.45) is 1.95. The van der Waals surface area contributed by atoms with Crippen LogP contribution in [0.5, 0.6) is 0 Å². The molecule has 1 unspecified atom stereocenters. The fourth-order valence-corrected chi connectivity index (χ4v) is 2.46. The van der Waals surface area contributed by atoms with E-state index in [0.717, 1.165) is 19.4 Å². The van der Waals surface area contributed by atoms with Crippen LogP contribution in [0.25, 0.3) is 0 Å². The van der Waals surface area contributed by atoms with Crippen LogP contribution in [0.4, 0.5) is 0 Å². The minimum Gasteiger partial charge on any atom is -0.376 e. The average molecular weight is 283 g/mol. The maximum atomic E-state index is 11.9. The summed E-state index contributed by atoms with van der Waals surface area (Å²) in [5, 5.41) is 2.62. The van der Waals surface area contributed by atoms with Gasteiger partial charge in [-0.25, -0.2) is 0 Å². The van der Waals surface area contributed by atoms with Gasteiger partial charge in [0, 0.05) is 46.3 Å². The summed E-state index contributed by atoms with van der Waals surface area (Å²) in [6.45, 7) is 4.41. The molecule has 7 nitrogen and oxygen atoms in total. The number of piperazine rings is 1. The summed E-state index contributed by atoms with van der Waals surface area (Å²) in [7, 11) is 0. The third-order valence-corrected chi connectivity index (χ3v) is 3.72.